The van der Waals surface area contributed by atoms with Crippen LogP contribution in [0.5, 0.6) is 0 Å². The molecule has 1 aromatic heterocycles. The Bertz CT molecular complexity index is 438. The minimum Gasteiger partial charge on any atom is -0.328 e. The molecule has 2 aliphatic rings. The van der Waals surface area contributed by atoms with Crippen LogP contribution >= 0.6 is 11.3 Å². The molecule has 1 aromatic rings. The van der Waals surface area contributed by atoms with Gasteiger partial charge in [0.1, 0.15) is 6.04 Å². The molecule has 0 spiro atoms. The lowest BCUT2D eigenvalue weighted by atomic mass is 9.90. The molecule has 4 heteroatoms. The molecule has 0 aromatic carbocycles. The third-order valence-corrected chi connectivity index (χ3v) is 4.17. The van der Waals surface area contributed by atoms with Crippen LogP contribution in [0.25, 0.3) is 0 Å². The number of hydrogen-bond donors (Lipinski definition) is 0. The maximum atomic E-state index is 11.8. The largest absolute Gasteiger partial charge is 0.328 e. The van der Waals surface area contributed by atoms with E-state index in [1.165, 1.54) is 4.88 Å². The Morgan fingerprint density at radius 2 is 2.13 bits per heavy atom. The number of amides is 1. The van der Waals surface area contributed by atoms with Crippen molar-refractivity contribution in [1.29, 1.82) is 0 Å². The normalized spacial score (nSPS) is 25.1. The Kier molecular flexibility index (Phi) is 1.92. The summed E-state index contributed by atoms with van der Waals surface area (Å²) in [5, 5.41) is 2.01. The molecule has 1 unspecified atom stereocenters. The highest BCUT2D eigenvalue weighted by Gasteiger charge is 2.39. The smallest absolute Gasteiger partial charge is 0.223 e. The Morgan fingerprint density at radius 3 is 3.00 bits per heavy atom. The van der Waals surface area contributed by atoms with Crippen molar-refractivity contribution in [3.05, 3.63) is 21.9 Å². The van der Waals surface area contributed by atoms with Gasteiger partial charge in [0.15, 0.2) is 5.78 Å². The lowest BCUT2D eigenvalue weighted by molar-refractivity contribution is -0.145. The molecule has 1 atom stereocenters. The van der Waals surface area contributed by atoms with Gasteiger partial charge in [0, 0.05) is 24.3 Å². The van der Waals surface area contributed by atoms with Gasteiger partial charge >= 0.3 is 0 Å². The molecular formula is C11H11NO2S. The standard InChI is InChI=1S/C11H11NO2S/c13-8-1-2-10(14)12-5-3-9-7(11(8)12)4-6-15-9/h4,6,11H,1-3,5H2. The Hall–Kier alpha value is -1.16. The van der Waals surface area contributed by atoms with Crippen molar-refractivity contribution in [3.8, 4) is 0 Å². The van der Waals surface area contributed by atoms with Crippen LogP contribution in [-0.4, -0.2) is 23.1 Å². The second-order valence-corrected chi connectivity index (χ2v) is 5.01. The number of nitrogens with zero attached hydrogens (tertiary/aromatic N) is 1. The molecule has 15 heavy (non-hydrogen) atoms. The first-order valence-electron chi connectivity index (χ1n) is 5.16. The average Bonchev–Trinajstić information content (AvgIpc) is 2.70. The zero-order valence-electron chi connectivity index (χ0n) is 8.23. The highest BCUT2D eigenvalue weighted by Crippen LogP contribution is 2.37. The summed E-state index contributed by atoms with van der Waals surface area (Å²) >= 11 is 1.69. The lowest BCUT2D eigenvalue weighted by Gasteiger charge is -2.37. The van der Waals surface area contributed by atoms with E-state index in [4.69, 9.17) is 0 Å². The Labute approximate surface area is 91.7 Å². The van der Waals surface area contributed by atoms with E-state index in [9.17, 15) is 9.59 Å². The van der Waals surface area contributed by atoms with Gasteiger partial charge in [-0.3, -0.25) is 9.59 Å². The van der Waals surface area contributed by atoms with Gasteiger partial charge in [-0.25, -0.2) is 0 Å². The number of piperidine rings is 1. The number of rotatable bonds is 0. The van der Waals surface area contributed by atoms with Crippen LogP contribution in [0.2, 0.25) is 0 Å². The van der Waals surface area contributed by atoms with E-state index in [-0.39, 0.29) is 17.7 Å². The quantitative estimate of drug-likeness (QED) is 0.666. The average molecular weight is 221 g/mol. The first kappa shape index (κ1) is 9.09. The topological polar surface area (TPSA) is 37.4 Å². The number of hydrogen-bond acceptors (Lipinski definition) is 3. The Balaban J connectivity index is 2.08. The van der Waals surface area contributed by atoms with Gasteiger partial charge in [0.2, 0.25) is 5.91 Å². The molecule has 3 rings (SSSR count). The maximum absolute atomic E-state index is 11.8. The summed E-state index contributed by atoms with van der Waals surface area (Å²) in [5.74, 6) is 0.338. The van der Waals surface area contributed by atoms with Crippen molar-refractivity contribution in [2.45, 2.75) is 25.3 Å². The highest BCUT2D eigenvalue weighted by atomic mass is 32.1. The van der Waals surface area contributed by atoms with Gasteiger partial charge in [-0.05, 0) is 23.4 Å². The third-order valence-electron chi connectivity index (χ3n) is 3.18. The molecule has 78 valence electrons. The molecular weight excluding hydrogens is 210 g/mol. The van der Waals surface area contributed by atoms with E-state index in [1.807, 2.05) is 11.4 Å². The van der Waals surface area contributed by atoms with Crippen LogP contribution in [0, 0.1) is 0 Å². The lowest BCUT2D eigenvalue weighted by Crippen LogP contribution is -2.46. The number of carbonyl (C=O) groups excluding carboxylic acids is 2. The third kappa shape index (κ3) is 1.24. The second-order valence-electron chi connectivity index (χ2n) is 4.01. The Morgan fingerprint density at radius 1 is 1.27 bits per heavy atom. The van der Waals surface area contributed by atoms with Crippen molar-refractivity contribution >= 4 is 23.0 Å². The van der Waals surface area contributed by atoms with Gasteiger partial charge in [0.05, 0.1) is 0 Å². The second kappa shape index (κ2) is 3.17. The molecule has 2 aliphatic heterocycles. The van der Waals surface area contributed by atoms with E-state index in [2.05, 4.69) is 0 Å². The highest BCUT2D eigenvalue weighted by molar-refractivity contribution is 7.10. The minimum atomic E-state index is -0.263. The van der Waals surface area contributed by atoms with Crippen LogP contribution in [0.15, 0.2) is 11.4 Å². The number of fused-ring (bicyclic) bond motifs is 3. The SMILES string of the molecule is O=C1CCC(=O)N2CCc3sccc3C12. The molecule has 0 N–H and O–H groups in total. The summed E-state index contributed by atoms with van der Waals surface area (Å²) in [5.41, 5.74) is 1.07. The predicted molar refractivity (Wildman–Crippen MR) is 56.7 cm³/mol. The van der Waals surface area contributed by atoms with Crippen molar-refractivity contribution in [1.82, 2.24) is 4.90 Å². The first-order chi connectivity index (χ1) is 7.27. The number of carbonyl (C=O) groups is 2. The van der Waals surface area contributed by atoms with Crippen LogP contribution in [0.4, 0.5) is 0 Å². The van der Waals surface area contributed by atoms with Gasteiger partial charge in [0.25, 0.3) is 0 Å². The van der Waals surface area contributed by atoms with E-state index in [1.54, 1.807) is 16.2 Å². The van der Waals surface area contributed by atoms with Crippen LogP contribution in [0.1, 0.15) is 29.3 Å². The fourth-order valence-electron chi connectivity index (χ4n) is 2.44. The molecule has 0 radical (unpaired) electrons. The minimum absolute atomic E-state index is 0.136. The summed E-state index contributed by atoms with van der Waals surface area (Å²) in [6, 6.07) is 1.73. The number of Topliss-reactive ketones (excluding diaryl/α,β-unsaturated/α-hetero) is 1. The van der Waals surface area contributed by atoms with Crippen LogP contribution in [-0.2, 0) is 16.0 Å². The van der Waals surface area contributed by atoms with E-state index in [0.717, 1.165) is 12.0 Å². The molecule has 0 bridgehead atoms. The zero-order chi connectivity index (χ0) is 10.4. The van der Waals surface area contributed by atoms with Gasteiger partial charge in [-0.2, -0.15) is 0 Å². The molecule has 1 fully saturated rings. The molecule has 0 aliphatic carbocycles. The first-order valence-corrected chi connectivity index (χ1v) is 6.04. The maximum Gasteiger partial charge on any atom is 0.223 e. The van der Waals surface area contributed by atoms with E-state index < -0.39 is 0 Å². The summed E-state index contributed by atoms with van der Waals surface area (Å²) < 4.78 is 0. The fourth-order valence-corrected chi connectivity index (χ4v) is 3.35. The van der Waals surface area contributed by atoms with Gasteiger partial charge < -0.3 is 4.90 Å². The van der Waals surface area contributed by atoms with Gasteiger partial charge in [-0.15, -0.1) is 11.3 Å². The van der Waals surface area contributed by atoms with Crippen molar-refractivity contribution in [2.75, 3.05) is 6.54 Å². The summed E-state index contributed by atoms with van der Waals surface area (Å²) in [7, 11) is 0. The summed E-state index contributed by atoms with van der Waals surface area (Å²) in [6.45, 7) is 0.711. The van der Waals surface area contributed by atoms with Crippen molar-refractivity contribution < 1.29 is 9.59 Å². The van der Waals surface area contributed by atoms with Crippen LogP contribution in [0.3, 0.4) is 0 Å². The van der Waals surface area contributed by atoms with Crippen molar-refractivity contribution in [2.24, 2.45) is 0 Å². The monoisotopic (exact) mass is 221 g/mol. The zero-order valence-corrected chi connectivity index (χ0v) is 9.05. The van der Waals surface area contributed by atoms with E-state index >= 15 is 0 Å². The van der Waals surface area contributed by atoms with Gasteiger partial charge in [-0.1, -0.05) is 0 Å². The summed E-state index contributed by atoms with van der Waals surface area (Å²) in [6.07, 6.45) is 1.71. The number of ketones is 1. The molecule has 1 amide bonds. The summed E-state index contributed by atoms with van der Waals surface area (Å²) in [4.78, 5) is 26.6. The predicted octanol–water partition coefficient (Wildman–Crippen LogP) is 1.54. The molecule has 1 saturated heterocycles. The molecule has 0 saturated carbocycles. The van der Waals surface area contributed by atoms with E-state index in [0.29, 0.717) is 19.4 Å². The fraction of sp³-hybridized carbons (Fsp3) is 0.455. The van der Waals surface area contributed by atoms with Crippen molar-refractivity contribution in [3.63, 3.8) is 0 Å². The van der Waals surface area contributed by atoms with Crippen LogP contribution < -0.4 is 0 Å². The molecule has 3 nitrogen and oxygen atoms in total. The number of thiophene rings is 1. The molecule has 3 heterocycles.